The number of nitrogens with zero attached hydrogens (tertiary/aromatic N) is 1. The Bertz CT molecular complexity index is 669. The van der Waals surface area contributed by atoms with Crippen LogP contribution >= 0.6 is 0 Å². The summed E-state index contributed by atoms with van der Waals surface area (Å²) in [5, 5.41) is 14.9. The van der Waals surface area contributed by atoms with Gasteiger partial charge in [-0.15, -0.1) is 0 Å². The third-order valence-electron chi connectivity index (χ3n) is 3.14. The molecule has 2 rings (SSSR count). The van der Waals surface area contributed by atoms with E-state index in [4.69, 9.17) is 15.7 Å². The van der Waals surface area contributed by atoms with Crippen LogP contribution in [0.15, 0.2) is 53.6 Å². The first-order chi connectivity index (χ1) is 11.2. The molecule has 0 amide bonds. The minimum atomic E-state index is -0.903. The minimum absolute atomic E-state index is 0.123. The Morgan fingerprint density at radius 2 is 2.04 bits per heavy atom. The number of nitrogens with one attached hydrogen (secondary N) is 1. The second-order valence-electron chi connectivity index (χ2n) is 4.89. The van der Waals surface area contributed by atoms with Crippen LogP contribution in [0.25, 0.3) is 0 Å². The van der Waals surface area contributed by atoms with Gasteiger partial charge in [-0.1, -0.05) is 30.3 Å². The fourth-order valence-corrected chi connectivity index (χ4v) is 2.02. The van der Waals surface area contributed by atoms with Crippen LogP contribution in [0.3, 0.4) is 0 Å². The SMILES string of the molecule is NN=Cc1ccc(CCOc2cccc(NCC(=O)O)c2)cc1. The molecule has 0 saturated heterocycles. The molecule has 0 aliphatic heterocycles. The smallest absolute Gasteiger partial charge is 0.322 e. The van der Waals surface area contributed by atoms with E-state index >= 15 is 0 Å². The lowest BCUT2D eigenvalue weighted by Gasteiger charge is -2.09. The van der Waals surface area contributed by atoms with E-state index in [1.807, 2.05) is 36.4 Å². The number of rotatable bonds is 8. The van der Waals surface area contributed by atoms with Crippen LogP contribution in [0.5, 0.6) is 5.75 Å². The van der Waals surface area contributed by atoms with Crippen LogP contribution in [0.2, 0.25) is 0 Å². The first-order valence-electron chi connectivity index (χ1n) is 7.18. The maximum Gasteiger partial charge on any atom is 0.322 e. The largest absolute Gasteiger partial charge is 0.493 e. The van der Waals surface area contributed by atoms with Gasteiger partial charge in [0, 0.05) is 18.2 Å². The Balaban J connectivity index is 1.83. The van der Waals surface area contributed by atoms with Gasteiger partial charge in [0.2, 0.25) is 0 Å². The highest BCUT2D eigenvalue weighted by molar-refractivity contribution is 5.79. The maximum atomic E-state index is 10.5. The summed E-state index contributed by atoms with van der Waals surface area (Å²) in [6, 6.07) is 15.1. The number of benzene rings is 2. The number of aliphatic carboxylic acids is 1. The van der Waals surface area contributed by atoms with E-state index in [9.17, 15) is 4.79 Å². The van der Waals surface area contributed by atoms with Gasteiger partial charge >= 0.3 is 5.97 Å². The van der Waals surface area contributed by atoms with Gasteiger partial charge in [-0.25, -0.2) is 0 Å². The number of carboxylic acids is 1. The van der Waals surface area contributed by atoms with E-state index in [1.54, 1.807) is 18.3 Å². The van der Waals surface area contributed by atoms with Gasteiger partial charge in [0.15, 0.2) is 0 Å². The van der Waals surface area contributed by atoms with E-state index in [0.29, 0.717) is 12.4 Å². The lowest BCUT2D eigenvalue weighted by atomic mass is 10.1. The highest BCUT2D eigenvalue weighted by Crippen LogP contribution is 2.17. The summed E-state index contributed by atoms with van der Waals surface area (Å²) in [4.78, 5) is 10.5. The number of hydrogen-bond acceptors (Lipinski definition) is 5. The average Bonchev–Trinajstić information content (AvgIpc) is 2.55. The summed E-state index contributed by atoms with van der Waals surface area (Å²) in [5.74, 6) is 4.90. The molecule has 6 nitrogen and oxygen atoms in total. The summed E-state index contributed by atoms with van der Waals surface area (Å²) >= 11 is 0. The molecule has 0 bridgehead atoms. The van der Waals surface area contributed by atoms with E-state index in [2.05, 4.69) is 10.4 Å². The Morgan fingerprint density at radius 3 is 2.74 bits per heavy atom. The molecule has 4 N–H and O–H groups in total. The molecule has 2 aromatic rings. The van der Waals surface area contributed by atoms with Gasteiger partial charge in [0.05, 0.1) is 12.8 Å². The number of nitrogens with two attached hydrogens (primary N) is 1. The van der Waals surface area contributed by atoms with E-state index in [1.165, 1.54) is 0 Å². The van der Waals surface area contributed by atoms with Crippen molar-refractivity contribution in [1.29, 1.82) is 0 Å². The van der Waals surface area contributed by atoms with Crippen molar-refractivity contribution in [1.82, 2.24) is 0 Å². The molecule has 23 heavy (non-hydrogen) atoms. The standard InChI is InChI=1S/C17H19N3O3/c18-20-11-14-6-4-13(5-7-14)8-9-23-16-3-1-2-15(10-16)19-12-17(21)22/h1-7,10-11,19H,8-9,12,18H2,(H,21,22). The van der Waals surface area contributed by atoms with Crippen LogP contribution in [0.4, 0.5) is 5.69 Å². The summed E-state index contributed by atoms with van der Waals surface area (Å²) in [6.07, 6.45) is 2.36. The molecule has 0 unspecified atom stereocenters. The number of carboxylic acid groups (broad SMARTS) is 1. The summed E-state index contributed by atoms with van der Waals surface area (Å²) < 4.78 is 5.70. The molecule has 0 heterocycles. The maximum absolute atomic E-state index is 10.5. The highest BCUT2D eigenvalue weighted by Gasteiger charge is 2.00. The first kappa shape index (κ1) is 16.4. The predicted octanol–water partition coefficient (Wildman–Crippen LogP) is 2.10. The Kier molecular flexibility index (Phi) is 5.99. The molecular weight excluding hydrogens is 294 g/mol. The highest BCUT2D eigenvalue weighted by atomic mass is 16.5. The fraction of sp³-hybridized carbons (Fsp3) is 0.176. The van der Waals surface area contributed by atoms with Gasteiger partial charge in [-0.3, -0.25) is 4.79 Å². The van der Waals surface area contributed by atoms with Crippen molar-refractivity contribution in [2.45, 2.75) is 6.42 Å². The van der Waals surface area contributed by atoms with Crippen LogP contribution in [0, 0.1) is 0 Å². The molecule has 6 heteroatoms. The first-order valence-corrected chi connectivity index (χ1v) is 7.18. The Hall–Kier alpha value is -3.02. The third-order valence-corrected chi connectivity index (χ3v) is 3.14. The monoisotopic (exact) mass is 313 g/mol. The predicted molar refractivity (Wildman–Crippen MR) is 90.0 cm³/mol. The summed E-state index contributed by atoms with van der Waals surface area (Å²) in [7, 11) is 0. The molecule has 0 spiro atoms. The zero-order valence-electron chi connectivity index (χ0n) is 12.6. The van der Waals surface area contributed by atoms with E-state index < -0.39 is 5.97 Å². The van der Waals surface area contributed by atoms with Crippen molar-refractivity contribution in [2.24, 2.45) is 10.9 Å². The number of hydrazone groups is 1. The fourth-order valence-electron chi connectivity index (χ4n) is 2.02. The number of anilines is 1. The molecule has 120 valence electrons. The molecule has 0 aromatic heterocycles. The average molecular weight is 313 g/mol. The van der Waals surface area contributed by atoms with Gasteiger partial charge in [0.25, 0.3) is 0 Å². The van der Waals surface area contributed by atoms with Crippen molar-refractivity contribution in [3.05, 3.63) is 59.7 Å². The number of ether oxygens (including phenoxy) is 1. The van der Waals surface area contributed by atoms with Gasteiger partial charge in [-0.2, -0.15) is 5.10 Å². The van der Waals surface area contributed by atoms with E-state index in [0.717, 1.165) is 23.2 Å². The van der Waals surface area contributed by atoms with Gasteiger partial charge in [0.1, 0.15) is 12.3 Å². The Labute approximate surface area is 134 Å². The van der Waals surface area contributed by atoms with Crippen molar-refractivity contribution in [3.8, 4) is 5.75 Å². The zero-order valence-corrected chi connectivity index (χ0v) is 12.6. The van der Waals surface area contributed by atoms with Crippen molar-refractivity contribution in [3.63, 3.8) is 0 Å². The van der Waals surface area contributed by atoms with Crippen molar-refractivity contribution in [2.75, 3.05) is 18.5 Å². The van der Waals surface area contributed by atoms with Gasteiger partial charge in [-0.05, 0) is 23.3 Å². The van der Waals surface area contributed by atoms with Crippen molar-refractivity contribution >= 4 is 17.9 Å². The minimum Gasteiger partial charge on any atom is -0.493 e. The normalized spacial score (nSPS) is 10.6. The number of carbonyl (C=O) groups is 1. The summed E-state index contributed by atoms with van der Waals surface area (Å²) in [6.45, 7) is 0.411. The summed E-state index contributed by atoms with van der Waals surface area (Å²) in [5.41, 5.74) is 2.82. The molecule has 2 aromatic carbocycles. The molecule has 0 aliphatic carbocycles. The lowest BCUT2D eigenvalue weighted by Crippen LogP contribution is -2.12. The van der Waals surface area contributed by atoms with Crippen LogP contribution < -0.4 is 15.9 Å². The van der Waals surface area contributed by atoms with Gasteiger partial charge < -0.3 is 21.0 Å². The van der Waals surface area contributed by atoms with Crippen LogP contribution in [-0.4, -0.2) is 30.4 Å². The molecule has 0 radical (unpaired) electrons. The van der Waals surface area contributed by atoms with Crippen LogP contribution in [0.1, 0.15) is 11.1 Å². The van der Waals surface area contributed by atoms with Crippen LogP contribution in [-0.2, 0) is 11.2 Å². The molecule has 0 aliphatic rings. The topological polar surface area (TPSA) is 96.9 Å². The second-order valence-corrected chi connectivity index (χ2v) is 4.89. The zero-order chi connectivity index (χ0) is 16.5. The van der Waals surface area contributed by atoms with E-state index in [-0.39, 0.29) is 6.54 Å². The lowest BCUT2D eigenvalue weighted by molar-refractivity contribution is -0.134. The Morgan fingerprint density at radius 1 is 1.26 bits per heavy atom. The van der Waals surface area contributed by atoms with Crippen molar-refractivity contribution < 1.29 is 14.6 Å². The third kappa shape index (κ3) is 5.70. The quantitative estimate of drug-likeness (QED) is 0.394. The second kappa shape index (κ2) is 8.43. The number of hydrogen-bond donors (Lipinski definition) is 3. The molecular formula is C17H19N3O3. The molecule has 0 atom stereocenters. The molecule has 0 saturated carbocycles. The molecule has 0 fully saturated rings.